The number of nitrogens with zero attached hydrogens (tertiary/aromatic N) is 1. The van der Waals surface area contributed by atoms with Crippen molar-refractivity contribution in [3.8, 4) is 23.0 Å². The molecule has 0 spiro atoms. The summed E-state index contributed by atoms with van der Waals surface area (Å²) >= 11 is 0. The summed E-state index contributed by atoms with van der Waals surface area (Å²) in [6.45, 7) is 4.38. The van der Waals surface area contributed by atoms with E-state index in [9.17, 15) is 9.90 Å². The number of hydrogen-bond acceptors (Lipinski definition) is 5. The number of carboxylic acids is 1. The molecule has 0 saturated heterocycles. The standard InChI is InChI=1S/C24H27NO5/c1-3-4-10-22(24(26)27)30-20-13-11-19(12-14-20)28-16-15-21-17(2)29-23(25-21)18-8-6-5-7-9-18/h5-9,11-14,22H,3-4,10,15-16H2,1-2H3,(H,26,27). The lowest BCUT2D eigenvalue weighted by Gasteiger charge is -2.15. The monoisotopic (exact) mass is 409 g/mol. The lowest BCUT2D eigenvalue weighted by Crippen LogP contribution is -2.26. The van der Waals surface area contributed by atoms with Gasteiger partial charge in [0.1, 0.15) is 17.3 Å². The van der Waals surface area contributed by atoms with Gasteiger partial charge in [-0.1, -0.05) is 31.5 Å². The van der Waals surface area contributed by atoms with Crippen molar-refractivity contribution in [1.29, 1.82) is 0 Å². The number of rotatable bonds is 11. The fraction of sp³-hybridized carbons (Fsp3) is 0.333. The van der Waals surface area contributed by atoms with Crippen molar-refractivity contribution in [3.05, 3.63) is 66.1 Å². The third kappa shape index (κ3) is 5.86. The zero-order chi connectivity index (χ0) is 21.3. The Bertz CT molecular complexity index is 934. The summed E-state index contributed by atoms with van der Waals surface area (Å²) in [6, 6.07) is 16.8. The van der Waals surface area contributed by atoms with Gasteiger partial charge in [0.25, 0.3) is 0 Å². The Labute approximate surface area is 176 Å². The second kappa shape index (κ2) is 10.5. The number of ether oxygens (including phenoxy) is 2. The van der Waals surface area contributed by atoms with Gasteiger partial charge >= 0.3 is 5.97 Å². The number of carbonyl (C=O) groups is 1. The SMILES string of the molecule is CCCCC(Oc1ccc(OCCc2nc(-c3ccccc3)oc2C)cc1)C(=O)O. The van der Waals surface area contributed by atoms with E-state index in [1.807, 2.05) is 44.2 Å². The van der Waals surface area contributed by atoms with Gasteiger partial charge in [-0.3, -0.25) is 0 Å². The third-order valence-electron chi connectivity index (χ3n) is 4.72. The van der Waals surface area contributed by atoms with E-state index in [0.29, 0.717) is 36.8 Å². The molecule has 0 amide bonds. The highest BCUT2D eigenvalue weighted by Gasteiger charge is 2.18. The van der Waals surface area contributed by atoms with Gasteiger partial charge in [0.15, 0.2) is 6.10 Å². The first-order chi connectivity index (χ1) is 14.6. The molecule has 6 nitrogen and oxygen atoms in total. The van der Waals surface area contributed by atoms with Crippen LogP contribution in [-0.4, -0.2) is 28.8 Å². The molecule has 1 heterocycles. The molecule has 0 aliphatic heterocycles. The molecule has 0 fully saturated rings. The number of aromatic nitrogens is 1. The number of aryl methyl sites for hydroxylation is 1. The maximum Gasteiger partial charge on any atom is 0.344 e. The van der Waals surface area contributed by atoms with Gasteiger partial charge in [-0.15, -0.1) is 0 Å². The van der Waals surface area contributed by atoms with Crippen molar-refractivity contribution >= 4 is 5.97 Å². The smallest absolute Gasteiger partial charge is 0.344 e. The van der Waals surface area contributed by atoms with Crippen LogP contribution < -0.4 is 9.47 Å². The quantitative estimate of drug-likeness (QED) is 0.463. The molecule has 3 rings (SSSR count). The third-order valence-corrected chi connectivity index (χ3v) is 4.72. The minimum atomic E-state index is -0.943. The molecular formula is C24H27NO5. The molecule has 30 heavy (non-hydrogen) atoms. The molecule has 158 valence electrons. The zero-order valence-electron chi connectivity index (χ0n) is 17.3. The first-order valence-electron chi connectivity index (χ1n) is 10.2. The molecule has 1 unspecified atom stereocenters. The van der Waals surface area contributed by atoms with Crippen LogP contribution in [0.25, 0.3) is 11.5 Å². The van der Waals surface area contributed by atoms with Crippen LogP contribution in [0.3, 0.4) is 0 Å². The number of unbranched alkanes of at least 4 members (excludes halogenated alkanes) is 1. The largest absolute Gasteiger partial charge is 0.493 e. The van der Waals surface area contributed by atoms with Crippen molar-refractivity contribution < 1.29 is 23.8 Å². The molecule has 1 aromatic heterocycles. The minimum absolute atomic E-state index is 0.454. The number of benzene rings is 2. The van der Waals surface area contributed by atoms with Crippen LogP contribution >= 0.6 is 0 Å². The second-order valence-electron chi connectivity index (χ2n) is 7.04. The van der Waals surface area contributed by atoms with Crippen LogP contribution in [0.1, 0.15) is 37.6 Å². The number of carboxylic acid groups (broad SMARTS) is 1. The number of oxazole rings is 1. The molecular weight excluding hydrogens is 382 g/mol. The number of hydrogen-bond donors (Lipinski definition) is 1. The summed E-state index contributed by atoms with van der Waals surface area (Å²) in [7, 11) is 0. The van der Waals surface area contributed by atoms with Gasteiger partial charge in [0.2, 0.25) is 5.89 Å². The van der Waals surface area contributed by atoms with Crippen molar-refractivity contribution in [2.45, 2.75) is 45.6 Å². The maximum absolute atomic E-state index is 11.3. The van der Waals surface area contributed by atoms with Gasteiger partial charge in [-0.2, -0.15) is 0 Å². The summed E-state index contributed by atoms with van der Waals surface area (Å²) in [5.41, 5.74) is 1.82. The highest BCUT2D eigenvalue weighted by molar-refractivity contribution is 5.72. The van der Waals surface area contributed by atoms with Crippen LogP contribution in [0.15, 0.2) is 59.0 Å². The molecule has 1 N–H and O–H groups in total. The Balaban J connectivity index is 1.52. The molecule has 0 saturated carbocycles. The van der Waals surface area contributed by atoms with E-state index >= 15 is 0 Å². The summed E-state index contributed by atoms with van der Waals surface area (Å²) in [4.78, 5) is 15.9. The van der Waals surface area contributed by atoms with Gasteiger partial charge in [-0.25, -0.2) is 9.78 Å². The Morgan fingerprint density at radius 3 is 2.47 bits per heavy atom. The zero-order valence-corrected chi connectivity index (χ0v) is 17.3. The van der Waals surface area contributed by atoms with E-state index < -0.39 is 12.1 Å². The van der Waals surface area contributed by atoms with Crippen molar-refractivity contribution in [3.63, 3.8) is 0 Å². The molecule has 0 aliphatic rings. The Hall–Kier alpha value is -3.28. The summed E-state index contributed by atoms with van der Waals surface area (Å²) < 4.78 is 17.2. The Morgan fingerprint density at radius 2 is 1.80 bits per heavy atom. The van der Waals surface area contributed by atoms with Gasteiger partial charge in [0, 0.05) is 12.0 Å². The fourth-order valence-electron chi connectivity index (χ4n) is 3.03. The Kier molecular flexibility index (Phi) is 7.49. The minimum Gasteiger partial charge on any atom is -0.493 e. The molecule has 0 aliphatic carbocycles. The molecule has 2 aromatic carbocycles. The van der Waals surface area contributed by atoms with Crippen LogP contribution in [0.2, 0.25) is 0 Å². The van der Waals surface area contributed by atoms with Gasteiger partial charge < -0.3 is 19.0 Å². The van der Waals surface area contributed by atoms with E-state index in [0.717, 1.165) is 29.9 Å². The molecule has 6 heteroatoms. The first-order valence-corrected chi connectivity index (χ1v) is 10.2. The van der Waals surface area contributed by atoms with Crippen LogP contribution in [0.4, 0.5) is 0 Å². The van der Waals surface area contributed by atoms with E-state index in [1.165, 1.54) is 0 Å². The van der Waals surface area contributed by atoms with Crippen LogP contribution in [0, 0.1) is 6.92 Å². The molecule has 0 bridgehead atoms. The number of aliphatic carboxylic acids is 1. The fourth-order valence-corrected chi connectivity index (χ4v) is 3.03. The van der Waals surface area contributed by atoms with Crippen LogP contribution in [0.5, 0.6) is 11.5 Å². The molecule has 0 radical (unpaired) electrons. The average molecular weight is 409 g/mol. The van der Waals surface area contributed by atoms with Crippen molar-refractivity contribution in [2.24, 2.45) is 0 Å². The average Bonchev–Trinajstić information content (AvgIpc) is 3.13. The van der Waals surface area contributed by atoms with Gasteiger partial charge in [-0.05, 0) is 56.2 Å². The lowest BCUT2D eigenvalue weighted by atomic mass is 10.1. The maximum atomic E-state index is 11.3. The lowest BCUT2D eigenvalue weighted by molar-refractivity contribution is -0.145. The van der Waals surface area contributed by atoms with E-state index in [2.05, 4.69) is 4.98 Å². The van der Waals surface area contributed by atoms with Crippen molar-refractivity contribution in [2.75, 3.05) is 6.61 Å². The normalized spacial score (nSPS) is 11.8. The molecule has 1 atom stereocenters. The first kappa shape index (κ1) is 21.4. The topological polar surface area (TPSA) is 81.8 Å². The molecule has 3 aromatic rings. The predicted octanol–water partition coefficient (Wildman–Crippen LogP) is 5.29. The van der Waals surface area contributed by atoms with E-state index in [1.54, 1.807) is 24.3 Å². The summed E-state index contributed by atoms with van der Waals surface area (Å²) in [6.07, 6.45) is 2.03. The predicted molar refractivity (Wildman–Crippen MR) is 114 cm³/mol. The van der Waals surface area contributed by atoms with Gasteiger partial charge in [0.05, 0.1) is 12.3 Å². The van der Waals surface area contributed by atoms with Crippen LogP contribution in [-0.2, 0) is 11.2 Å². The Morgan fingerprint density at radius 1 is 1.10 bits per heavy atom. The second-order valence-corrected chi connectivity index (χ2v) is 7.04. The summed E-state index contributed by atoms with van der Waals surface area (Å²) in [5, 5.41) is 9.27. The highest BCUT2D eigenvalue weighted by atomic mass is 16.5. The van der Waals surface area contributed by atoms with E-state index in [4.69, 9.17) is 13.9 Å². The van der Waals surface area contributed by atoms with E-state index in [-0.39, 0.29) is 0 Å². The van der Waals surface area contributed by atoms with Crippen molar-refractivity contribution in [1.82, 2.24) is 4.98 Å². The highest BCUT2D eigenvalue weighted by Crippen LogP contribution is 2.23. The summed E-state index contributed by atoms with van der Waals surface area (Å²) in [5.74, 6) is 1.66.